The van der Waals surface area contributed by atoms with E-state index in [1.807, 2.05) is 12.1 Å². The van der Waals surface area contributed by atoms with Crippen LogP contribution < -0.4 is 0 Å². The van der Waals surface area contributed by atoms with E-state index in [9.17, 15) is 0 Å². The van der Waals surface area contributed by atoms with Gasteiger partial charge < -0.3 is 0 Å². The lowest BCUT2D eigenvalue weighted by Crippen LogP contribution is -2.20. The van der Waals surface area contributed by atoms with Gasteiger partial charge in [-0.1, -0.05) is 88.0 Å². The molecule has 0 aliphatic heterocycles. The Hall–Kier alpha value is -1.27. The number of rotatable bonds is 7. The molecule has 1 heteroatoms. The molecule has 0 N–H and O–H groups in total. The lowest BCUT2D eigenvalue weighted by atomic mass is 9.74. The number of halogens is 1. The van der Waals surface area contributed by atoms with Gasteiger partial charge in [0.05, 0.1) is 0 Å². The molecule has 0 amide bonds. The Labute approximate surface area is 171 Å². The van der Waals surface area contributed by atoms with Crippen molar-refractivity contribution in [2.45, 2.75) is 71.6 Å². The quantitative estimate of drug-likeness (QED) is 0.453. The second kappa shape index (κ2) is 9.78. The first-order valence-corrected chi connectivity index (χ1v) is 11.2. The Morgan fingerprint density at radius 3 is 2.44 bits per heavy atom. The van der Waals surface area contributed by atoms with Crippen LogP contribution in [-0.2, 0) is 12.8 Å². The second-order valence-electron chi connectivity index (χ2n) is 9.05. The first-order valence-electron chi connectivity index (χ1n) is 10.8. The Kier molecular flexibility index (Phi) is 7.41. The monoisotopic (exact) mass is 382 g/mol. The largest absolute Gasteiger partial charge is 0.0843 e. The minimum atomic E-state index is 0.516. The Balaban J connectivity index is 1.55. The number of hydrogen-bond acceptors (Lipinski definition) is 0. The molecule has 0 saturated heterocycles. The van der Waals surface area contributed by atoms with Gasteiger partial charge in [-0.15, -0.1) is 0 Å². The van der Waals surface area contributed by atoms with E-state index >= 15 is 0 Å². The number of hydrogen-bond donors (Lipinski definition) is 0. The molecule has 0 nitrogen and oxygen atoms in total. The predicted molar refractivity (Wildman–Crippen MR) is 119 cm³/mol. The van der Waals surface area contributed by atoms with Crippen LogP contribution in [0.3, 0.4) is 0 Å². The fraction of sp³-hybridized carbons (Fsp3) is 0.538. The zero-order chi connectivity index (χ0) is 19.2. The fourth-order valence-electron chi connectivity index (χ4n) is 4.75. The summed E-state index contributed by atoms with van der Waals surface area (Å²) in [6, 6.07) is 17.6. The molecule has 0 bridgehead atoms. The summed E-state index contributed by atoms with van der Waals surface area (Å²) in [7, 11) is 0. The Morgan fingerprint density at radius 1 is 0.963 bits per heavy atom. The van der Waals surface area contributed by atoms with Gasteiger partial charge in [-0.3, -0.25) is 0 Å². The lowest BCUT2D eigenvalue weighted by Gasteiger charge is -2.31. The van der Waals surface area contributed by atoms with Crippen LogP contribution in [0.5, 0.6) is 0 Å². The minimum Gasteiger partial charge on any atom is -0.0843 e. The average Bonchev–Trinajstić information content (AvgIpc) is 2.67. The van der Waals surface area contributed by atoms with Crippen molar-refractivity contribution in [3.05, 3.63) is 70.2 Å². The van der Waals surface area contributed by atoms with Crippen molar-refractivity contribution in [1.29, 1.82) is 0 Å². The van der Waals surface area contributed by atoms with Crippen molar-refractivity contribution in [2.75, 3.05) is 0 Å². The van der Waals surface area contributed by atoms with Crippen LogP contribution in [0.25, 0.3) is 0 Å². The highest BCUT2D eigenvalue weighted by molar-refractivity contribution is 6.30. The molecule has 0 spiro atoms. The molecule has 3 atom stereocenters. The highest BCUT2D eigenvalue weighted by atomic mass is 35.5. The molecule has 0 radical (unpaired) electrons. The third-order valence-corrected chi connectivity index (χ3v) is 6.83. The molecule has 0 aromatic heterocycles. The molecular weight excluding hydrogens is 348 g/mol. The number of aryl methyl sites for hydroxylation is 1. The maximum atomic E-state index is 6.02. The van der Waals surface area contributed by atoms with E-state index in [2.05, 4.69) is 57.2 Å². The van der Waals surface area contributed by atoms with Gasteiger partial charge in [-0.25, -0.2) is 0 Å². The van der Waals surface area contributed by atoms with E-state index in [0.29, 0.717) is 5.92 Å². The first-order chi connectivity index (χ1) is 13.0. The van der Waals surface area contributed by atoms with Gasteiger partial charge in [0.15, 0.2) is 0 Å². The highest BCUT2D eigenvalue weighted by Gasteiger charge is 2.23. The van der Waals surface area contributed by atoms with Crippen molar-refractivity contribution in [2.24, 2.45) is 17.8 Å². The summed E-state index contributed by atoms with van der Waals surface area (Å²) in [4.78, 5) is 0. The second-order valence-corrected chi connectivity index (χ2v) is 9.49. The minimum absolute atomic E-state index is 0.516. The Bertz CT molecular complexity index is 700. The van der Waals surface area contributed by atoms with Crippen molar-refractivity contribution < 1.29 is 0 Å². The summed E-state index contributed by atoms with van der Waals surface area (Å²) >= 11 is 6.02. The topological polar surface area (TPSA) is 0 Å². The normalized spacial score (nSPS) is 21.4. The van der Waals surface area contributed by atoms with Gasteiger partial charge in [-0.2, -0.15) is 0 Å². The molecule has 1 fully saturated rings. The van der Waals surface area contributed by atoms with Crippen LogP contribution in [0.4, 0.5) is 0 Å². The van der Waals surface area contributed by atoms with Crippen LogP contribution in [0.1, 0.15) is 75.5 Å². The van der Waals surface area contributed by atoms with Gasteiger partial charge in [0, 0.05) is 5.02 Å². The summed E-state index contributed by atoms with van der Waals surface area (Å²) in [6.07, 6.45) is 9.46. The van der Waals surface area contributed by atoms with E-state index in [4.69, 9.17) is 11.6 Å². The molecule has 1 saturated carbocycles. The summed E-state index contributed by atoms with van der Waals surface area (Å²) in [5.74, 6) is 3.26. The van der Waals surface area contributed by atoms with Crippen LogP contribution in [0, 0.1) is 17.8 Å². The molecule has 2 aromatic carbocycles. The van der Waals surface area contributed by atoms with Gasteiger partial charge in [0.1, 0.15) is 0 Å². The van der Waals surface area contributed by atoms with Crippen molar-refractivity contribution >= 4 is 11.6 Å². The zero-order valence-electron chi connectivity index (χ0n) is 17.3. The first kappa shape index (κ1) is 20.5. The van der Waals surface area contributed by atoms with Crippen LogP contribution >= 0.6 is 11.6 Å². The smallest absolute Gasteiger partial charge is 0.0406 e. The van der Waals surface area contributed by atoms with Gasteiger partial charge in [0.2, 0.25) is 0 Å². The highest BCUT2D eigenvalue weighted by Crippen LogP contribution is 2.35. The SMILES string of the molecule is CC(Cc1cccc(CCC2CCCC(C(C)C)C2)c1)c1ccc(Cl)cc1. The van der Waals surface area contributed by atoms with E-state index < -0.39 is 0 Å². The summed E-state index contributed by atoms with van der Waals surface area (Å²) in [6.45, 7) is 7.11. The molecule has 3 rings (SSSR count). The predicted octanol–water partition coefficient (Wildman–Crippen LogP) is 8.08. The third kappa shape index (κ3) is 6.11. The number of benzene rings is 2. The molecule has 146 valence electrons. The summed E-state index contributed by atoms with van der Waals surface area (Å²) in [5.41, 5.74) is 4.34. The molecule has 3 unspecified atom stereocenters. The molecular formula is C26H35Cl. The third-order valence-electron chi connectivity index (χ3n) is 6.58. The molecule has 2 aromatic rings. The van der Waals surface area contributed by atoms with E-state index in [1.54, 1.807) is 0 Å². The van der Waals surface area contributed by atoms with Crippen LogP contribution in [0.2, 0.25) is 5.02 Å². The van der Waals surface area contributed by atoms with Crippen molar-refractivity contribution in [1.82, 2.24) is 0 Å². The van der Waals surface area contributed by atoms with Crippen molar-refractivity contribution in [3.63, 3.8) is 0 Å². The summed E-state index contributed by atoms with van der Waals surface area (Å²) in [5, 5.41) is 0.815. The van der Waals surface area contributed by atoms with Gasteiger partial charge >= 0.3 is 0 Å². The van der Waals surface area contributed by atoms with E-state index in [-0.39, 0.29) is 0 Å². The molecule has 27 heavy (non-hydrogen) atoms. The molecule has 1 aliphatic rings. The maximum Gasteiger partial charge on any atom is 0.0406 e. The van der Waals surface area contributed by atoms with Crippen LogP contribution in [-0.4, -0.2) is 0 Å². The zero-order valence-corrected chi connectivity index (χ0v) is 18.0. The van der Waals surface area contributed by atoms with Crippen LogP contribution in [0.15, 0.2) is 48.5 Å². The lowest BCUT2D eigenvalue weighted by molar-refractivity contribution is 0.207. The van der Waals surface area contributed by atoms with E-state index in [1.165, 1.54) is 55.2 Å². The van der Waals surface area contributed by atoms with Crippen molar-refractivity contribution in [3.8, 4) is 0 Å². The van der Waals surface area contributed by atoms with E-state index in [0.717, 1.165) is 29.2 Å². The Morgan fingerprint density at radius 2 is 1.70 bits per heavy atom. The molecule has 0 heterocycles. The molecule has 1 aliphatic carbocycles. The standard InChI is InChI=1S/C26H35Cl/c1-19(2)25-9-5-7-22(18-25)11-10-21-6-4-8-23(17-21)16-20(3)24-12-14-26(27)15-13-24/h4,6,8,12-15,17,19-20,22,25H,5,7,9-11,16,18H2,1-3H3. The fourth-order valence-corrected chi connectivity index (χ4v) is 4.87. The maximum absolute atomic E-state index is 6.02. The average molecular weight is 383 g/mol. The van der Waals surface area contributed by atoms with Gasteiger partial charge in [-0.05, 0) is 78.2 Å². The summed E-state index contributed by atoms with van der Waals surface area (Å²) < 4.78 is 0. The van der Waals surface area contributed by atoms with Gasteiger partial charge in [0.25, 0.3) is 0 Å².